The summed E-state index contributed by atoms with van der Waals surface area (Å²) in [6.45, 7) is 5.79. The number of ketones is 1. The summed E-state index contributed by atoms with van der Waals surface area (Å²) in [5, 5.41) is 13.5. The summed E-state index contributed by atoms with van der Waals surface area (Å²) in [6, 6.07) is 10.8. The molecule has 23 heavy (non-hydrogen) atoms. The van der Waals surface area contributed by atoms with E-state index in [4.69, 9.17) is 0 Å². The number of Topliss-reactive ketones (excluding diaryl/α,β-unsaturated/α-hetero) is 1. The van der Waals surface area contributed by atoms with Gasteiger partial charge in [-0.1, -0.05) is 29.8 Å². The van der Waals surface area contributed by atoms with Gasteiger partial charge in [-0.2, -0.15) is 0 Å². The average molecular weight is 309 g/mol. The van der Waals surface area contributed by atoms with E-state index < -0.39 is 11.5 Å². The zero-order valence-electron chi connectivity index (χ0n) is 13.4. The molecule has 118 valence electrons. The second-order valence-corrected chi connectivity index (χ2v) is 6.26. The molecule has 0 saturated carbocycles. The van der Waals surface area contributed by atoms with Crippen LogP contribution in [-0.2, 0) is 10.4 Å². The fraction of sp³-hybridized carbons (Fsp3) is 0.263. The van der Waals surface area contributed by atoms with E-state index in [0.29, 0.717) is 16.8 Å². The lowest BCUT2D eigenvalue weighted by molar-refractivity contribution is -0.133. The van der Waals surface area contributed by atoms with Gasteiger partial charge < -0.3 is 10.4 Å². The van der Waals surface area contributed by atoms with E-state index in [0.717, 1.165) is 16.7 Å². The van der Waals surface area contributed by atoms with Crippen LogP contribution in [-0.4, -0.2) is 16.8 Å². The van der Waals surface area contributed by atoms with Crippen LogP contribution in [0.2, 0.25) is 0 Å². The Balaban J connectivity index is 1.95. The number of aryl methyl sites for hydroxylation is 3. The maximum Gasteiger partial charge on any atom is 0.261 e. The number of nitrogens with one attached hydrogen (secondary N) is 1. The van der Waals surface area contributed by atoms with Gasteiger partial charge in [-0.25, -0.2) is 0 Å². The van der Waals surface area contributed by atoms with Gasteiger partial charge in [0, 0.05) is 16.8 Å². The summed E-state index contributed by atoms with van der Waals surface area (Å²) in [6.07, 6.45) is -0.266. The molecule has 2 aromatic rings. The number of amides is 1. The van der Waals surface area contributed by atoms with Crippen LogP contribution in [0.5, 0.6) is 0 Å². The highest BCUT2D eigenvalue weighted by atomic mass is 16.3. The number of hydrogen-bond acceptors (Lipinski definition) is 3. The molecule has 4 heteroatoms. The zero-order chi connectivity index (χ0) is 16.8. The SMILES string of the molecule is Cc1ccc2c(c1)[C@](O)(CC(=O)c1ccc(C)c(C)c1)C(=O)N2. The van der Waals surface area contributed by atoms with Crippen LogP contribution in [0.4, 0.5) is 5.69 Å². The van der Waals surface area contributed by atoms with Crippen molar-refractivity contribution in [2.45, 2.75) is 32.8 Å². The lowest BCUT2D eigenvalue weighted by Gasteiger charge is -2.20. The van der Waals surface area contributed by atoms with Gasteiger partial charge in [-0.3, -0.25) is 9.59 Å². The second kappa shape index (κ2) is 5.32. The molecule has 0 aliphatic carbocycles. The Morgan fingerprint density at radius 1 is 1.09 bits per heavy atom. The van der Waals surface area contributed by atoms with Crippen molar-refractivity contribution in [2.75, 3.05) is 5.32 Å². The molecule has 0 fully saturated rings. The molecule has 0 spiro atoms. The maximum absolute atomic E-state index is 12.6. The van der Waals surface area contributed by atoms with E-state index in [2.05, 4.69) is 5.32 Å². The van der Waals surface area contributed by atoms with Gasteiger partial charge in [0.2, 0.25) is 0 Å². The number of rotatable bonds is 3. The molecule has 0 saturated heterocycles. The number of hydrogen-bond donors (Lipinski definition) is 2. The maximum atomic E-state index is 12.6. The molecule has 4 nitrogen and oxygen atoms in total. The molecule has 1 aliphatic heterocycles. The average Bonchev–Trinajstić information content (AvgIpc) is 2.73. The zero-order valence-corrected chi connectivity index (χ0v) is 13.4. The lowest BCUT2D eigenvalue weighted by Crippen LogP contribution is -2.36. The van der Waals surface area contributed by atoms with E-state index in [1.54, 1.807) is 24.3 Å². The third-order valence-electron chi connectivity index (χ3n) is 4.49. The first-order valence-corrected chi connectivity index (χ1v) is 7.57. The van der Waals surface area contributed by atoms with E-state index in [1.165, 1.54) is 0 Å². The number of carbonyl (C=O) groups is 2. The van der Waals surface area contributed by atoms with Crippen molar-refractivity contribution in [1.82, 2.24) is 0 Å². The fourth-order valence-corrected chi connectivity index (χ4v) is 2.88. The molecule has 0 bridgehead atoms. The number of aliphatic hydroxyl groups is 1. The molecule has 0 unspecified atom stereocenters. The highest BCUT2D eigenvalue weighted by molar-refractivity contribution is 6.09. The van der Waals surface area contributed by atoms with Crippen LogP contribution in [0.1, 0.15) is 39.0 Å². The van der Waals surface area contributed by atoms with E-state index >= 15 is 0 Å². The first-order chi connectivity index (χ1) is 10.8. The van der Waals surface area contributed by atoms with Gasteiger partial charge in [0.05, 0.1) is 6.42 Å². The first-order valence-electron chi connectivity index (χ1n) is 7.57. The summed E-state index contributed by atoms with van der Waals surface area (Å²) in [4.78, 5) is 24.8. The number of carbonyl (C=O) groups excluding carboxylic acids is 2. The van der Waals surface area contributed by atoms with Crippen LogP contribution in [0, 0.1) is 20.8 Å². The third kappa shape index (κ3) is 2.55. The Bertz CT molecular complexity index is 825. The lowest BCUT2D eigenvalue weighted by atomic mass is 9.87. The molecule has 1 atom stereocenters. The van der Waals surface area contributed by atoms with Crippen molar-refractivity contribution < 1.29 is 14.7 Å². The van der Waals surface area contributed by atoms with Crippen molar-refractivity contribution in [2.24, 2.45) is 0 Å². The van der Waals surface area contributed by atoms with Crippen LogP contribution in [0.25, 0.3) is 0 Å². The Morgan fingerprint density at radius 3 is 2.52 bits per heavy atom. The summed E-state index contributed by atoms with van der Waals surface area (Å²) >= 11 is 0. The predicted octanol–water partition coefficient (Wildman–Crippen LogP) is 3.02. The monoisotopic (exact) mass is 309 g/mol. The Hall–Kier alpha value is -2.46. The Kier molecular flexibility index (Phi) is 3.57. The molecule has 1 aliphatic rings. The largest absolute Gasteiger partial charge is 0.375 e. The van der Waals surface area contributed by atoms with E-state index in [-0.39, 0.29) is 12.2 Å². The molecular formula is C19H19NO3. The van der Waals surface area contributed by atoms with Gasteiger partial charge in [0.15, 0.2) is 11.4 Å². The Morgan fingerprint density at radius 2 is 1.83 bits per heavy atom. The molecule has 3 rings (SSSR count). The van der Waals surface area contributed by atoms with Gasteiger partial charge >= 0.3 is 0 Å². The topological polar surface area (TPSA) is 66.4 Å². The summed E-state index contributed by atoms with van der Waals surface area (Å²) < 4.78 is 0. The highest BCUT2D eigenvalue weighted by Crippen LogP contribution is 2.39. The minimum Gasteiger partial charge on any atom is -0.375 e. The molecular weight excluding hydrogens is 290 g/mol. The molecule has 1 heterocycles. The smallest absolute Gasteiger partial charge is 0.261 e. The van der Waals surface area contributed by atoms with Gasteiger partial charge in [0.25, 0.3) is 5.91 Å². The van der Waals surface area contributed by atoms with Gasteiger partial charge in [-0.05, 0) is 44.0 Å². The number of fused-ring (bicyclic) bond motifs is 1. The summed E-state index contributed by atoms with van der Waals surface area (Å²) in [5.74, 6) is -0.796. The predicted molar refractivity (Wildman–Crippen MR) is 88.6 cm³/mol. The minimum atomic E-state index is -1.81. The molecule has 0 radical (unpaired) electrons. The van der Waals surface area contributed by atoms with Crippen molar-refractivity contribution in [3.8, 4) is 0 Å². The molecule has 1 amide bonds. The van der Waals surface area contributed by atoms with Crippen LogP contribution < -0.4 is 5.32 Å². The van der Waals surface area contributed by atoms with Crippen molar-refractivity contribution >= 4 is 17.4 Å². The van der Waals surface area contributed by atoms with Crippen LogP contribution in [0.15, 0.2) is 36.4 Å². The van der Waals surface area contributed by atoms with Crippen molar-refractivity contribution in [3.05, 3.63) is 64.2 Å². The third-order valence-corrected chi connectivity index (χ3v) is 4.49. The molecule has 2 N–H and O–H groups in total. The minimum absolute atomic E-state index is 0.250. The van der Waals surface area contributed by atoms with E-state index in [9.17, 15) is 14.7 Å². The quantitative estimate of drug-likeness (QED) is 0.857. The highest BCUT2D eigenvalue weighted by Gasteiger charge is 2.46. The first kappa shape index (κ1) is 15.4. The van der Waals surface area contributed by atoms with Gasteiger partial charge in [0.1, 0.15) is 0 Å². The second-order valence-electron chi connectivity index (χ2n) is 6.26. The summed E-state index contributed by atoms with van der Waals surface area (Å²) in [5.41, 5.74) is 2.77. The normalized spacial score (nSPS) is 19.4. The van der Waals surface area contributed by atoms with E-state index in [1.807, 2.05) is 32.9 Å². The fourth-order valence-electron chi connectivity index (χ4n) is 2.88. The molecule has 2 aromatic carbocycles. The van der Waals surface area contributed by atoms with Crippen LogP contribution in [0.3, 0.4) is 0 Å². The standard InChI is InChI=1S/C19H19NO3/c1-11-4-7-16-15(8-11)19(23,18(22)20-16)10-17(21)14-6-5-12(2)13(3)9-14/h4-9,23H,10H2,1-3H3,(H,20,22)/t19-/m1/s1. The van der Waals surface area contributed by atoms with Crippen molar-refractivity contribution in [1.29, 1.82) is 0 Å². The Labute approximate surface area is 135 Å². The number of anilines is 1. The van der Waals surface area contributed by atoms with Gasteiger partial charge in [-0.15, -0.1) is 0 Å². The summed E-state index contributed by atoms with van der Waals surface area (Å²) in [7, 11) is 0. The van der Waals surface area contributed by atoms with Crippen molar-refractivity contribution in [3.63, 3.8) is 0 Å². The van der Waals surface area contributed by atoms with Crippen LogP contribution >= 0.6 is 0 Å². The molecule has 0 aromatic heterocycles. The number of benzene rings is 2.